The molecular weight excluding hydrogens is 166 g/mol. The molecule has 0 radical (unpaired) electrons. The van der Waals surface area contributed by atoms with Crippen LogP contribution in [0.1, 0.15) is 19.8 Å². The van der Waals surface area contributed by atoms with Crippen LogP contribution in [0.3, 0.4) is 0 Å². The zero-order chi connectivity index (χ0) is 9.26. The number of nitrogens with zero attached hydrogens (tertiary/aromatic N) is 1. The first-order valence-electron chi connectivity index (χ1n) is 5.09. The molecule has 2 N–H and O–H groups in total. The third-order valence-corrected chi connectivity index (χ3v) is 2.84. The minimum atomic E-state index is 0.121. The Bertz CT molecular complexity index is 207. The number of amides is 2. The molecule has 0 aliphatic carbocycles. The first-order chi connectivity index (χ1) is 6.31. The molecule has 13 heavy (non-hydrogen) atoms. The molecule has 2 heterocycles. The zero-order valence-corrected chi connectivity index (χ0v) is 8.05. The van der Waals surface area contributed by atoms with E-state index in [-0.39, 0.29) is 6.03 Å². The first kappa shape index (κ1) is 8.81. The van der Waals surface area contributed by atoms with Gasteiger partial charge in [0, 0.05) is 31.7 Å². The Balaban J connectivity index is 1.84. The van der Waals surface area contributed by atoms with E-state index in [0.717, 1.165) is 32.5 Å². The summed E-state index contributed by atoms with van der Waals surface area (Å²) in [5.74, 6) is 0. The second kappa shape index (κ2) is 3.54. The van der Waals surface area contributed by atoms with E-state index in [9.17, 15) is 4.79 Å². The van der Waals surface area contributed by atoms with E-state index in [4.69, 9.17) is 0 Å². The van der Waals surface area contributed by atoms with E-state index in [0.29, 0.717) is 12.1 Å². The maximum atomic E-state index is 11.6. The summed E-state index contributed by atoms with van der Waals surface area (Å²) in [4.78, 5) is 13.6. The highest BCUT2D eigenvalue weighted by atomic mass is 16.2. The van der Waals surface area contributed by atoms with Crippen LogP contribution in [0.4, 0.5) is 4.79 Å². The van der Waals surface area contributed by atoms with Crippen LogP contribution in [0, 0.1) is 0 Å². The third-order valence-electron chi connectivity index (χ3n) is 2.84. The maximum absolute atomic E-state index is 11.6. The van der Waals surface area contributed by atoms with Crippen molar-refractivity contribution in [1.29, 1.82) is 0 Å². The lowest BCUT2D eigenvalue weighted by Crippen LogP contribution is -2.50. The fourth-order valence-electron chi connectivity index (χ4n) is 2.14. The summed E-state index contributed by atoms with van der Waals surface area (Å²) >= 11 is 0. The van der Waals surface area contributed by atoms with Gasteiger partial charge in [-0.2, -0.15) is 0 Å². The van der Waals surface area contributed by atoms with Crippen molar-refractivity contribution in [2.75, 3.05) is 19.6 Å². The van der Waals surface area contributed by atoms with Crippen molar-refractivity contribution in [1.82, 2.24) is 15.5 Å². The molecule has 2 bridgehead atoms. The van der Waals surface area contributed by atoms with Crippen LogP contribution in [0.25, 0.3) is 0 Å². The van der Waals surface area contributed by atoms with Gasteiger partial charge in [-0.05, 0) is 12.8 Å². The van der Waals surface area contributed by atoms with Crippen LogP contribution < -0.4 is 10.6 Å². The van der Waals surface area contributed by atoms with Gasteiger partial charge >= 0.3 is 6.03 Å². The van der Waals surface area contributed by atoms with Crippen LogP contribution in [0.5, 0.6) is 0 Å². The van der Waals surface area contributed by atoms with E-state index in [1.54, 1.807) is 0 Å². The van der Waals surface area contributed by atoms with Gasteiger partial charge in [0.1, 0.15) is 0 Å². The normalized spacial score (nSPS) is 31.0. The van der Waals surface area contributed by atoms with Crippen LogP contribution in [0.2, 0.25) is 0 Å². The molecule has 0 aromatic heterocycles. The minimum Gasteiger partial charge on any atom is -0.338 e. The third kappa shape index (κ3) is 1.63. The highest BCUT2D eigenvalue weighted by Gasteiger charge is 2.39. The standard InChI is InChI=1S/C9H17N3O/c1-2-3-10-9(13)12-6-7-4-8(12)5-11-7/h7-8,11H,2-6H2,1H3,(H,10,13). The molecule has 0 saturated carbocycles. The van der Waals surface area contributed by atoms with Gasteiger partial charge in [0.2, 0.25) is 0 Å². The van der Waals surface area contributed by atoms with Crippen LogP contribution in [-0.4, -0.2) is 42.6 Å². The quantitative estimate of drug-likeness (QED) is 0.640. The molecule has 2 fully saturated rings. The zero-order valence-electron chi connectivity index (χ0n) is 8.05. The van der Waals surface area contributed by atoms with Crippen molar-refractivity contribution in [2.24, 2.45) is 0 Å². The second-order valence-electron chi connectivity index (χ2n) is 3.88. The Kier molecular flexibility index (Phi) is 2.40. The molecule has 2 unspecified atom stereocenters. The van der Waals surface area contributed by atoms with Crippen LogP contribution in [0.15, 0.2) is 0 Å². The Hall–Kier alpha value is -0.770. The van der Waals surface area contributed by atoms with Gasteiger partial charge in [0.25, 0.3) is 0 Å². The van der Waals surface area contributed by atoms with Crippen molar-refractivity contribution in [3.05, 3.63) is 0 Å². The molecule has 0 aromatic rings. The number of nitrogens with one attached hydrogen (secondary N) is 2. The molecular formula is C9H17N3O. The van der Waals surface area contributed by atoms with Gasteiger partial charge in [-0.3, -0.25) is 0 Å². The predicted molar refractivity (Wildman–Crippen MR) is 50.6 cm³/mol. The summed E-state index contributed by atoms with van der Waals surface area (Å²) in [6, 6.07) is 1.12. The second-order valence-corrected chi connectivity index (χ2v) is 3.88. The van der Waals surface area contributed by atoms with Gasteiger partial charge in [-0.1, -0.05) is 6.92 Å². The topological polar surface area (TPSA) is 44.4 Å². The number of rotatable bonds is 2. The molecule has 2 rings (SSSR count). The lowest BCUT2D eigenvalue weighted by molar-refractivity contribution is 0.185. The largest absolute Gasteiger partial charge is 0.338 e. The molecule has 2 aliphatic rings. The molecule has 0 aromatic carbocycles. The lowest BCUT2D eigenvalue weighted by atomic mass is 10.2. The lowest BCUT2D eigenvalue weighted by Gasteiger charge is -2.27. The van der Waals surface area contributed by atoms with E-state index in [1.807, 2.05) is 4.90 Å². The monoisotopic (exact) mass is 183 g/mol. The van der Waals surface area contributed by atoms with Gasteiger partial charge < -0.3 is 15.5 Å². The highest BCUT2D eigenvalue weighted by molar-refractivity contribution is 5.75. The molecule has 2 atom stereocenters. The SMILES string of the molecule is CCCNC(=O)N1CC2CC1CN2. The minimum absolute atomic E-state index is 0.121. The summed E-state index contributed by atoms with van der Waals surface area (Å²) in [6.07, 6.45) is 2.14. The van der Waals surface area contributed by atoms with Crippen molar-refractivity contribution >= 4 is 6.03 Å². The van der Waals surface area contributed by atoms with E-state index < -0.39 is 0 Å². The Labute approximate surface area is 78.7 Å². The van der Waals surface area contributed by atoms with Gasteiger partial charge in [0.05, 0.1) is 0 Å². The van der Waals surface area contributed by atoms with Crippen LogP contribution >= 0.6 is 0 Å². The summed E-state index contributed by atoms with van der Waals surface area (Å²) in [5.41, 5.74) is 0. The highest BCUT2D eigenvalue weighted by Crippen LogP contribution is 2.22. The number of hydrogen-bond acceptors (Lipinski definition) is 2. The number of likely N-dealkylation sites (tertiary alicyclic amines) is 1. The summed E-state index contributed by atoms with van der Waals surface area (Å²) in [5, 5.41) is 6.29. The number of fused-ring (bicyclic) bond motifs is 2. The van der Waals surface area contributed by atoms with Gasteiger partial charge in [0.15, 0.2) is 0 Å². The smallest absolute Gasteiger partial charge is 0.317 e. The van der Waals surface area contributed by atoms with Crippen molar-refractivity contribution in [3.63, 3.8) is 0 Å². The Morgan fingerprint density at radius 2 is 2.54 bits per heavy atom. The van der Waals surface area contributed by atoms with Crippen molar-refractivity contribution in [3.8, 4) is 0 Å². The number of hydrogen-bond donors (Lipinski definition) is 2. The molecule has 4 heteroatoms. The number of piperazine rings is 1. The average Bonchev–Trinajstić information content (AvgIpc) is 2.74. The van der Waals surface area contributed by atoms with Crippen LogP contribution in [-0.2, 0) is 0 Å². The molecule has 2 aliphatic heterocycles. The Morgan fingerprint density at radius 3 is 3.08 bits per heavy atom. The molecule has 2 saturated heterocycles. The molecule has 2 amide bonds. The van der Waals surface area contributed by atoms with E-state index >= 15 is 0 Å². The fourth-order valence-corrected chi connectivity index (χ4v) is 2.14. The van der Waals surface area contributed by atoms with Crippen molar-refractivity contribution in [2.45, 2.75) is 31.8 Å². The summed E-state index contributed by atoms with van der Waals surface area (Å²) in [7, 11) is 0. The number of carbonyl (C=O) groups is 1. The van der Waals surface area contributed by atoms with Gasteiger partial charge in [-0.25, -0.2) is 4.79 Å². The molecule has 74 valence electrons. The fraction of sp³-hybridized carbons (Fsp3) is 0.889. The van der Waals surface area contributed by atoms with E-state index in [2.05, 4.69) is 17.6 Å². The van der Waals surface area contributed by atoms with Gasteiger partial charge in [-0.15, -0.1) is 0 Å². The maximum Gasteiger partial charge on any atom is 0.317 e. The predicted octanol–water partition coefficient (Wildman–Crippen LogP) is 0.152. The molecule has 4 nitrogen and oxygen atoms in total. The number of carbonyl (C=O) groups excluding carboxylic acids is 1. The first-order valence-corrected chi connectivity index (χ1v) is 5.09. The average molecular weight is 183 g/mol. The van der Waals surface area contributed by atoms with Crippen molar-refractivity contribution < 1.29 is 4.79 Å². The number of urea groups is 1. The molecule has 0 spiro atoms. The summed E-state index contributed by atoms with van der Waals surface area (Å²) < 4.78 is 0. The van der Waals surface area contributed by atoms with E-state index in [1.165, 1.54) is 0 Å². The summed E-state index contributed by atoms with van der Waals surface area (Å²) in [6.45, 7) is 4.72. The Morgan fingerprint density at radius 1 is 1.69 bits per heavy atom.